The van der Waals surface area contributed by atoms with Crippen LogP contribution < -0.4 is 0 Å². The zero-order valence-corrected chi connectivity index (χ0v) is 19.9. The molecule has 2 aliphatic heterocycles. The molecule has 1 saturated heterocycles. The first-order valence-electron chi connectivity index (χ1n) is 12.3. The third kappa shape index (κ3) is 5.03. The number of phenolic OH excluding ortho intramolecular Hbond substituents is 1. The minimum Gasteiger partial charge on any atom is -0.505 e. The summed E-state index contributed by atoms with van der Waals surface area (Å²) in [6.07, 6.45) is 3.80. The number of pyridine rings is 1. The minimum absolute atomic E-state index is 0.0715. The Morgan fingerprint density at radius 1 is 1.23 bits per heavy atom. The monoisotopic (exact) mass is 489 g/mol. The van der Waals surface area contributed by atoms with Gasteiger partial charge in [-0.05, 0) is 61.6 Å². The number of hydrogen-bond acceptors (Lipinski definition) is 4. The molecule has 1 aromatic carbocycles. The molecule has 0 bridgehead atoms. The van der Waals surface area contributed by atoms with Crippen molar-refractivity contribution < 1.29 is 22.7 Å². The van der Waals surface area contributed by atoms with E-state index in [-0.39, 0.29) is 11.2 Å². The fourth-order valence-corrected chi connectivity index (χ4v) is 5.97. The lowest BCUT2D eigenvalue weighted by Gasteiger charge is -2.42. The summed E-state index contributed by atoms with van der Waals surface area (Å²) < 4.78 is 53.8. The van der Waals surface area contributed by atoms with Crippen LogP contribution in [0.1, 0.15) is 55.0 Å². The number of allylic oxidation sites excluding steroid dienone is 1. The molecular formula is C27H31F4N3O. The highest BCUT2D eigenvalue weighted by atomic mass is 19.4. The summed E-state index contributed by atoms with van der Waals surface area (Å²) in [6.45, 7) is 5.50. The van der Waals surface area contributed by atoms with Crippen LogP contribution in [0.5, 0.6) is 5.75 Å². The molecule has 2 fully saturated rings. The Balaban J connectivity index is 1.37. The van der Waals surface area contributed by atoms with Gasteiger partial charge in [0, 0.05) is 55.6 Å². The van der Waals surface area contributed by atoms with E-state index in [1.165, 1.54) is 36.7 Å². The molecular weight excluding hydrogens is 458 g/mol. The van der Waals surface area contributed by atoms with Gasteiger partial charge in [-0.15, -0.1) is 0 Å². The molecule has 4 nitrogen and oxygen atoms in total. The number of aromatic hydroxyl groups is 1. The van der Waals surface area contributed by atoms with Crippen LogP contribution in [0.15, 0.2) is 42.2 Å². The minimum atomic E-state index is -4.40. The van der Waals surface area contributed by atoms with Gasteiger partial charge in [0.2, 0.25) is 0 Å². The van der Waals surface area contributed by atoms with E-state index in [0.29, 0.717) is 31.0 Å². The molecule has 1 saturated carbocycles. The Kier molecular flexibility index (Phi) is 6.28. The summed E-state index contributed by atoms with van der Waals surface area (Å²) in [4.78, 5) is 8.72. The number of halogens is 4. The van der Waals surface area contributed by atoms with Crippen LogP contribution in [0.3, 0.4) is 0 Å². The summed E-state index contributed by atoms with van der Waals surface area (Å²) >= 11 is 0. The average Bonchev–Trinajstić information content (AvgIpc) is 3.54. The molecule has 3 aliphatic rings. The molecule has 3 heterocycles. The highest BCUT2D eigenvalue weighted by molar-refractivity contribution is 5.32. The van der Waals surface area contributed by atoms with Gasteiger partial charge in [0.25, 0.3) is 0 Å². The Morgan fingerprint density at radius 3 is 2.71 bits per heavy atom. The molecule has 1 atom stereocenters. The number of phenols is 1. The first-order valence-corrected chi connectivity index (χ1v) is 12.3. The summed E-state index contributed by atoms with van der Waals surface area (Å²) in [7, 11) is 0. The second kappa shape index (κ2) is 9.12. The van der Waals surface area contributed by atoms with Crippen molar-refractivity contribution in [2.24, 2.45) is 11.3 Å². The summed E-state index contributed by atoms with van der Waals surface area (Å²) in [5, 5.41) is 9.51. The number of fused-ring (bicyclic) bond motifs is 1. The van der Waals surface area contributed by atoms with Crippen LogP contribution in [-0.2, 0) is 25.7 Å². The maximum atomic E-state index is 13.9. The molecule has 1 aliphatic carbocycles. The molecule has 0 spiro atoms. The maximum Gasteiger partial charge on any atom is 0.417 e. The fourth-order valence-electron chi connectivity index (χ4n) is 5.97. The number of alkyl halides is 3. The summed E-state index contributed by atoms with van der Waals surface area (Å²) in [5.74, 6) is -0.270. The lowest BCUT2D eigenvalue weighted by atomic mass is 9.77. The van der Waals surface area contributed by atoms with Crippen LogP contribution in [0, 0.1) is 17.2 Å². The van der Waals surface area contributed by atoms with Crippen LogP contribution >= 0.6 is 0 Å². The first-order chi connectivity index (χ1) is 16.7. The van der Waals surface area contributed by atoms with Gasteiger partial charge in [0.15, 0.2) is 11.6 Å². The Labute approximate surface area is 203 Å². The van der Waals surface area contributed by atoms with E-state index in [0.717, 1.165) is 49.9 Å². The van der Waals surface area contributed by atoms with E-state index < -0.39 is 17.6 Å². The van der Waals surface area contributed by atoms with Crippen molar-refractivity contribution in [1.29, 1.82) is 0 Å². The van der Waals surface area contributed by atoms with Crippen LogP contribution in [0.25, 0.3) is 0 Å². The molecule has 1 unspecified atom stereocenters. The van der Waals surface area contributed by atoms with Gasteiger partial charge in [-0.3, -0.25) is 9.88 Å². The second-order valence-corrected chi connectivity index (χ2v) is 10.3. The number of benzene rings is 1. The van der Waals surface area contributed by atoms with Crippen molar-refractivity contribution in [3.8, 4) is 5.75 Å². The van der Waals surface area contributed by atoms with Crippen molar-refractivity contribution in [2.75, 3.05) is 19.6 Å². The maximum absolute atomic E-state index is 13.9. The number of rotatable bonds is 6. The number of aromatic nitrogens is 1. The van der Waals surface area contributed by atoms with E-state index in [1.807, 2.05) is 6.92 Å². The molecule has 1 N–H and O–H groups in total. The standard InChI is InChI=1S/C27H31F4N3O/c1-2-25(34-9-7-23-20(16-34)12-21(14-32-23)27(29,30)31)26(13-18-3-4-18)8-10-33(17-26)15-19-5-6-24(35)22(28)11-19/h2,5-6,11-12,14,18,35H,3-4,7-10,13,15-17H2,1H3/b25-2-. The second-order valence-electron chi connectivity index (χ2n) is 10.3. The largest absolute Gasteiger partial charge is 0.505 e. The van der Waals surface area contributed by atoms with Gasteiger partial charge in [-0.1, -0.05) is 25.0 Å². The van der Waals surface area contributed by atoms with E-state index in [4.69, 9.17) is 0 Å². The van der Waals surface area contributed by atoms with Crippen molar-refractivity contribution in [3.63, 3.8) is 0 Å². The molecule has 8 heteroatoms. The third-order valence-electron chi connectivity index (χ3n) is 7.75. The van der Waals surface area contributed by atoms with Gasteiger partial charge in [0.1, 0.15) is 0 Å². The van der Waals surface area contributed by atoms with E-state index >= 15 is 0 Å². The van der Waals surface area contributed by atoms with Crippen molar-refractivity contribution in [2.45, 2.75) is 58.3 Å². The van der Waals surface area contributed by atoms with Crippen molar-refractivity contribution >= 4 is 0 Å². The molecule has 5 rings (SSSR count). The van der Waals surface area contributed by atoms with Gasteiger partial charge < -0.3 is 10.0 Å². The molecule has 1 aromatic heterocycles. The predicted molar refractivity (Wildman–Crippen MR) is 125 cm³/mol. The molecule has 188 valence electrons. The summed E-state index contributed by atoms with van der Waals surface area (Å²) in [6, 6.07) is 5.79. The Hall–Kier alpha value is -2.61. The smallest absolute Gasteiger partial charge is 0.417 e. The average molecular weight is 490 g/mol. The third-order valence-corrected chi connectivity index (χ3v) is 7.75. The lowest BCUT2D eigenvalue weighted by Crippen LogP contribution is -2.40. The van der Waals surface area contributed by atoms with E-state index in [9.17, 15) is 22.7 Å². The Morgan fingerprint density at radius 2 is 2.03 bits per heavy atom. The molecule has 0 amide bonds. The lowest BCUT2D eigenvalue weighted by molar-refractivity contribution is -0.137. The first kappa shape index (κ1) is 24.1. The van der Waals surface area contributed by atoms with Gasteiger partial charge in [-0.2, -0.15) is 13.2 Å². The topological polar surface area (TPSA) is 39.6 Å². The predicted octanol–water partition coefficient (Wildman–Crippen LogP) is 5.90. The zero-order valence-electron chi connectivity index (χ0n) is 19.9. The van der Waals surface area contributed by atoms with Crippen LogP contribution in [0.4, 0.5) is 17.6 Å². The fraction of sp³-hybridized carbons (Fsp3) is 0.519. The highest BCUT2D eigenvalue weighted by Crippen LogP contribution is 2.51. The molecule has 0 radical (unpaired) electrons. The number of likely N-dealkylation sites (tertiary alicyclic amines) is 1. The molecule has 2 aromatic rings. The zero-order chi connectivity index (χ0) is 24.8. The summed E-state index contributed by atoms with van der Waals surface area (Å²) in [5.41, 5.74) is 2.68. The number of nitrogens with zero attached hydrogens (tertiary/aromatic N) is 3. The SMILES string of the molecule is C/C=C(\N1CCc2ncc(C(F)(F)F)cc2C1)C1(CC2CC2)CCN(Cc2ccc(O)c(F)c2)C1. The van der Waals surface area contributed by atoms with E-state index in [1.54, 1.807) is 6.07 Å². The van der Waals surface area contributed by atoms with Gasteiger partial charge >= 0.3 is 6.18 Å². The quantitative estimate of drug-likeness (QED) is 0.513. The normalized spacial score (nSPS) is 23.6. The molecule has 35 heavy (non-hydrogen) atoms. The Bertz CT molecular complexity index is 1130. The van der Waals surface area contributed by atoms with Crippen LogP contribution in [-0.4, -0.2) is 39.5 Å². The number of hydrogen-bond donors (Lipinski definition) is 1. The van der Waals surface area contributed by atoms with Gasteiger partial charge in [-0.25, -0.2) is 4.39 Å². The highest BCUT2D eigenvalue weighted by Gasteiger charge is 2.46. The van der Waals surface area contributed by atoms with E-state index in [2.05, 4.69) is 20.9 Å². The van der Waals surface area contributed by atoms with Crippen molar-refractivity contribution in [3.05, 3.63) is 70.4 Å². The van der Waals surface area contributed by atoms with Crippen LogP contribution in [0.2, 0.25) is 0 Å². The van der Waals surface area contributed by atoms with Crippen molar-refractivity contribution in [1.82, 2.24) is 14.8 Å². The van der Waals surface area contributed by atoms with Gasteiger partial charge in [0.05, 0.1) is 5.56 Å².